The lowest BCUT2D eigenvalue weighted by Crippen LogP contribution is -2.23. The quantitative estimate of drug-likeness (QED) is 0.593. The number of benzene rings is 1. The first-order valence-corrected chi connectivity index (χ1v) is 8.97. The van der Waals surface area contributed by atoms with Gasteiger partial charge >= 0.3 is 5.97 Å². The molecule has 0 bridgehead atoms. The fourth-order valence-electron chi connectivity index (χ4n) is 1.83. The fourth-order valence-corrected chi connectivity index (χ4v) is 2.23. The topological polar surface area (TPSA) is 69.7 Å². The summed E-state index contributed by atoms with van der Waals surface area (Å²) in [5.41, 5.74) is 0.995. The van der Waals surface area contributed by atoms with Gasteiger partial charge in [0.15, 0.2) is 0 Å². The van der Waals surface area contributed by atoms with Crippen molar-refractivity contribution >= 4 is 16.1 Å². The average molecular weight is 328 g/mol. The zero-order chi connectivity index (χ0) is 17.0. The Morgan fingerprint density at radius 2 is 1.73 bits per heavy atom. The second kappa shape index (κ2) is 7.24. The van der Waals surface area contributed by atoms with Gasteiger partial charge in [-0.2, -0.15) is 8.42 Å². The number of carbonyl (C=O) groups is 1. The summed E-state index contributed by atoms with van der Waals surface area (Å²) in [5.74, 6) is -0.221. The lowest BCUT2D eigenvalue weighted by Gasteiger charge is -2.19. The van der Waals surface area contributed by atoms with Crippen LogP contribution < -0.4 is 0 Å². The van der Waals surface area contributed by atoms with Gasteiger partial charge in [-0.15, -0.1) is 0 Å². The third-order valence-corrected chi connectivity index (χ3v) is 3.56. The van der Waals surface area contributed by atoms with Crippen LogP contribution in [0.1, 0.15) is 56.0 Å². The van der Waals surface area contributed by atoms with Crippen LogP contribution in [-0.2, 0) is 19.0 Å². The molecule has 5 nitrogen and oxygen atoms in total. The highest BCUT2D eigenvalue weighted by Gasteiger charge is 2.18. The molecule has 124 valence electrons. The van der Waals surface area contributed by atoms with Gasteiger partial charge in [0.25, 0.3) is 10.1 Å². The molecule has 0 N–H and O–H groups in total. The van der Waals surface area contributed by atoms with E-state index >= 15 is 0 Å². The molecule has 0 spiro atoms. The molecule has 0 aromatic heterocycles. The van der Waals surface area contributed by atoms with Crippen molar-refractivity contribution in [2.24, 2.45) is 0 Å². The highest BCUT2D eigenvalue weighted by atomic mass is 32.2. The molecule has 1 atom stereocenters. The van der Waals surface area contributed by atoms with Crippen LogP contribution in [0.5, 0.6) is 0 Å². The van der Waals surface area contributed by atoms with Gasteiger partial charge in [-0.25, -0.2) is 4.79 Å². The average Bonchev–Trinajstić information content (AvgIpc) is 2.35. The van der Waals surface area contributed by atoms with Gasteiger partial charge < -0.3 is 4.74 Å². The van der Waals surface area contributed by atoms with E-state index in [0.29, 0.717) is 12.0 Å². The van der Waals surface area contributed by atoms with Crippen LogP contribution in [0.3, 0.4) is 0 Å². The van der Waals surface area contributed by atoms with Crippen molar-refractivity contribution < 1.29 is 22.1 Å². The van der Waals surface area contributed by atoms with Gasteiger partial charge in [0.05, 0.1) is 18.4 Å². The first-order valence-electron chi connectivity index (χ1n) is 7.15. The monoisotopic (exact) mass is 328 g/mol. The number of rotatable bonds is 6. The Kier molecular flexibility index (Phi) is 6.14. The minimum atomic E-state index is -3.40. The summed E-state index contributed by atoms with van der Waals surface area (Å²) in [5, 5.41) is 0. The van der Waals surface area contributed by atoms with Crippen LogP contribution in [-0.4, -0.2) is 32.9 Å². The van der Waals surface area contributed by atoms with Crippen LogP contribution in [0.4, 0.5) is 0 Å². The van der Waals surface area contributed by atoms with Gasteiger partial charge in [-0.05, 0) is 50.8 Å². The van der Waals surface area contributed by atoms with Gasteiger partial charge in [0.2, 0.25) is 0 Å². The second-order valence-electron chi connectivity index (χ2n) is 6.34. The summed E-state index contributed by atoms with van der Waals surface area (Å²) in [6, 6.07) is 7.14. The van der Waals surface area contributed by atoms with Crippen molar-refractivity contribution in [3.05, 3.63) is 35.4 Å². The Hall–Kier alpha value is -1.40. The maximum atomic E-state index is 11.9. The van der Waals surface area contributed by atoms with Gasteiger partial charge in [0.1, 0.15) is 5.60 Å². The minimum Gasteiger partial charge on any atom is -0.456 e. The number of ether oxygens (including phenoxy) is 1. The van der Waals surface area contributed by atoms with Crippen LogP contribution in [0, 0.1) is 0 Å². The Bertz CT molecular complexity index is 596. The summed E-state index contributed by atoms with van der Waals surface area (Å²) in [7, 11) is -3.40. The summed E-state index contributed by atoms with van der Waals surface area (Å²) >= 11 is 0. The maximum Gasteiger partial charge on any atom is 0.338 e. The largest absolute Gasteiger partial charge is 0.456 e. The molecule has 1 aromatic rings. The molecule has 1 unspecified atom stereocenters. The predicted molar refractivity (Wildman–Crippen MR) is 85.4 cm³/mol. The number of hydrogen-bond donors (Lipinski definition) is 0. The van der Waals surface area contributed by atoms with Crippen molar-refractivity contribution in [1.82, 2.24) is 0 Å². The van der Waals surface area contributed by atoms with E-state index in [0.717, 1.165) is 11.8 Å². The predicted octanol–water partition coefficient (Wildman–Crippen LogP) is 3.11. The van der Waals surface area contributed by atoms with Crippen molar-refractivity contribution in [3.63, 3.8) is 0 Å². The van der Waals surface area contributed by atoms with E-state index in [1.54, 1.807) is 12.1 Å². The molecule has 0 amide bonds. The molecule has 1 aromatic carbocycles. The molecule has 0 aliphatic heterocycles. The Balaban J connectivity index is 2.62. The molecule has 0 heterocycles. The lowest BCUT2D eigenvalue weighted by molar-refractivity contribution is 0.00694. The van der Waals surface area contributed by atoms with Crippen molar-refractivity contribution in [2.75, 3.05) is 12.9 Å². The van der Waals surface area contributed by atoms with E-state index in [1.165, 1.54) is 0 Å². The van der Waals surface area contributed by atoms with Gasteiger partial charge in [0, 0.05) is 0 Å². The van der Waals surface area contributed by atoms with E-state index in [1.807, 2.05) is 39.8 Å². The van der Waals surface area contributed by atoms with Crippen LogP contribution in [0.2, 0.25) is 0 Å². The summed E-state index contributed by atoms with van der Waals surface area (Å²) < 4.78 is 31.9. The van der Waals surface area contributed by atoms with E-state index in [4.69, 9.17) is 8.92 Å². The minimum absolute atomic E-state index is 0.134. The zero-order valence-corrected chi connectivity index (χ0v) is 14.6. The van der Waals surface area contributed by atoms with Crippen LogP contribution in [0.15, 0.2) is 24.3 Å². The van der Waals surface area contributed by atoms with Crippen molar-refractivity contribution in [1.29, 1.82) is 0 Å². The molecule has 0 saturated heterocycles. The van der Waals surface area contributed by atoms with Crippen molar-refractivity contribution in [3.8, 4) is 0 Å². The van der Waals surface area contributed by atoms with Crippen LogP contribution in [0.25, 0.3) is 0 Å². The Labute approximate surface area is 132 Å². The van der Waals surface area contributed by atoms with E-state index in [-0.39, 0.29) is 18.5 Å². The SMILES string of the molecule is CC(CCOS(C)(=O)=O)c1ccc(C(=O)OC(C)(C)C)cc1. The number of esters is 1. The number of hydrogen-bond acceptors (Lipinski definition) is 5. The molecule has 0 radical (unpaired) electrons. The summed E-state index contributed by atoms with van der Waals surface area (Å²) in [6.07, 6.45) is 1.62. The summed E-state index contributed by atoms with van der Waals surface area (Å²) in [4.78, 5) is 11.9. The Morgan fingerprint density at radius 1 is 1.18 bits per heavy atom. The van der Waals surface area contributed by atoms with Crippen LogP contribution >= 0.6 is 0 Å². The molecule has 0 saturated carbocycles. The highest BCUT2D eigenvalue weighted by Crippen LogP contribution is 2.21. The maximum absolute atomic E-state index is 11.9. The normalized spacial score (nSPS) is 13.7. The molecule has 1 rings (SSSR count). The van der Waals surface area contributed by atoms with E-state index in [2.05, 4.69) is 0 Å². The highest BCUT2D eigenvalue weighted by molar-refractivity contribution is 7.85. The molecule has 0 aliphatic carbocycles. The molecular weight excluding hydrogens is 304 g/mol. The van der Waals surface area contributed by atoms with E-state index in [9.17, 15) is 13.2 Å². The molecule has 0 aliphatic rings. The lowest BCUT2D eigenvalue weighted by atomic mass is 9.97. The van der Waals surface area contributed by atoms with Crippen molar-refractivity contribution in [2.45, 2.75) is 45.6 Å². The smallest absolute Gasteiger partial charge is 0.338 e. The number of carbonyl (C=O) groups excluding carboxylic acids is 1. The summed E-state index contributed by atoms with van der Waals surface area (Å²) in [6.45, 7) is 7.59. The Morgan fingerprint density at radius 3 is 2.18 bits per heavy atom. The first kappa shape index (κ1) is 18.6. The van der Waals surface area contributed by atoms with Gasteiger partial charge in [-0.3, -0.25) is 4.18 Å². The zero-order valence-electron chi connectivity index (χ0n) is 13.8. The van der Waals surface area contributed by atoms with E-state index < -0.39 is 15.7 Å². The first-order chi connectivity index (χ1) is 9.98. The van der Waals surface area contributed by atoms with Gasteiger partial charge in [-0.1, -0.05) is 19.1 Å². The second-order valence-corrected chi connectivity index (χ2v) is 7.98. The third kappa shape index (κ3) is 7.04. The molecule has 0 fully saturated rings. The molecule has 6 heteroatoms. The molecule has 22 heavy (non-hydrogen) atoms. The standard InChI is InChI=1S/C16H24O5S/c1-12(10-11-20-22(5,18)19)13-6-8-14(9-7-13)15(17)21-16(2,3)4/h6-9,12H,10-11H2,1-5H3. The molecular formula is C16H24O5S. The fraction of sp³-hybridized carbons (Fsp3) is 0.562. The third-order valence-electron chi connectivity index (χ3n) is 2.96.